The molecule has 1 aliphatic rings. The molecule has 0 bridgehead atoms. The van der Waals surface area contributed by atoms with Crippen LogP contribution in [0.2, 0.25) is 0 Å². The van der Waals surface area contributed by atoms with Crippen molar-refractivity contribution in [1.82, 2.24) is 9.97 Å². The second-order valence-corrected chi connectivity index (χ2v) is 3.95. The van der Waals surface area contributed by atoms with E-state index in [9.17, 15) is 4.79 Å². The number of nitrogens with one attached hydrogen (secondary N) is 1. The van der Waals surface area contributed by atoms with Crippen molar-refractivity contribution in [3.63, 3.8) is 0 Å². The highest BCUT2D eigenvalue weighted by Crippen LogP contribution is 2.33. The summed E-state index contributed by atoms with van der Waals surface area (Å²) in [7, 11) is 0. The fourth-order valence-corrected chi connectivity index (χ4v) is 1.95. The predicted molar refractivity (Wildman–Crippen MR) is 68.5 cm³/mol. The van der Waals surface area contributed by atoms with E-state index in [1.54, 1.807) is 6.07 Å². The molecule has 1 aromatic heterocycles. The Morgan fingerprint density at radius 1 is 1.28 bits per heavy atom. The van der Waals surface area contributed by atoms with Gasteiger partial charge < -0.3 is 16.0 Å². The van der Waals surface area contributed by atoms with Crippen molar-refractivity contribution in [2.75, 3.05) is 22.5 Å². The minimum atomic E-state index is -0.0779. The van der Waals surface area contributed by atoms with Crippen molar-refractivity contribution >= 4 is 28.9 Å². The standard InChI is InChI=1S/C12H11N5O/c13-10-5-11(15-7-14-10)17-6-12(18)16-8-3-1-2-4-9(8)17/h1-5,7H,6H2,(H,16,18)(H2,13,14,15). The average Bonchev–Trinajstić information content (AvgIpc) is 2.37. The number of carbonyl (C=O) groups excluding carboxylic acids is 1. The molecule has 90 valence electrons. The zero-order valence-electron chi connectivity index (χ0n) is 9.50. The normalized spacial score (nSPS) is 14.0. The van der Waals surface area contributed by atoms with Gasteiger partial charge in [0.05, 0.1) is 11.4 Å². The van der Waals surface area contributed by atoms with Crippen LogP contribution in [0.1, 0.15) is 0 Å². The summed E-state index contributed by atoms with van der Waals surface area (Å²) < 4.78 is 0. The number of nitrogens with two attached hydrogens (primary N) is 1. The summed E-state index contributed by atoms with van der Waals surface area (Å²) in [5.74, 6) is 0.916. The van der Waals surface area contributed by atoms with Gasteiger partial charge in [0, 0.05) is 6.07 Å². The van der Waals surface area contributed by atoms with Gasteiger partial charge in [0.15, 0.2) is 0 Å². The van der Waals surface area contributed by atoms with Crippen LogP contribution in [0.4, 0.5) is 23.0 Å². The molecule has 0 saturated carbocycles. The van der Waals surface area contributed by atoms with Crippen LogP contribution in [0.25, 0.3) is 0 Å². The zero-order valence-corrected chi connectivity index (χ0v) is 9.50. The number of amides is 1. The second kappa shape index (κ2) is 3.99. The SMILES string of the molecule is Nc1cc(N2CC(=O)Nc3ccccc32)ncn1. The number of carbonyl (C=O) groups is 1. The third-order valence-corrected chi connectivity index (χ3v) is 2.72. The molecule has 0 fully saturated rings. The highest BCUT2D eigenvalue weighted by atomic mass is 16.2. The van der Waals surface area contributed by atoms with Crippen LogP contribution in [-0.2, 0) is 4.79 Å². The van der Waals surface area contributed by atoms with Crippen LogP contribution in [0.15, 0.2) is 36.7 Å². The highest BCUT2D eigenvalue weighted by molar-refractivity contribution is 6.02. The number of anilines is 4. The Balaban J connectivity index is 2.10. The van der Waals surface area contributed by atoms with Gasteiger partial charge in [-0.15, -0.1) is 0 Å². The fourth-order valence-electron chi connectivity index (χ4n) is 1.95. The molecule has 3 N–H and O–H groups in total. The van der Waals surface area contributed by atoms with Crippen molar-refractivity contribution < 1.29 is 4.79 Å². The summed E-state index contributed by atoms with van der Waals surface area (Å²) in [4.78, 5) is 21.5. The lowest BCUT2D eigenvalue weighted by Crippen LogP contribution is -2.35. The number of hydrogen-bond acceptors (Lipinski definition) is 5. The molecule has 0 spiro atoms. The second-order valence-electron chi connectivity index (χ2n) is 3.95. The van der Waals surface area contributed by atoms with Crippen LogP contribution < -0.4 is 16.0 Å². The molecule has 2 heterocycles. The first-order valence-electron chi connectivity index (χ1n) is 5.48. The molecule has 2 aromatic rings. The average molecular weight is 241 g/mol. The zero-order chi connectivity index (χ0) is 12.5. The van der Waals surface area contributed by atoms with Crippen molar-refractivity contribution in [1.29, 1.82) is 0 Å². The summed E-state index contributed by atoms with van der Waals surface area (Å²) >= 11 is 0. The molecule has 6 heteroatoms. The van der Waals surface area contributed by atoms with Gasteiger partial charge in [0.2, 0.25) is 5.91 Å². The molecular weight excluding hydrogens is 230 g/mol. The Labute approximate surface area is 103 Å². The van der Waals surface area contributed by atoms with Crippen LogP contribution >= 0.6 is 0 Å². The van der Waals surface area contributed by atoms with E-state index < -0.39 is 0 Å². The van der Waals surface area contributed by atoms with E-state index in [0.717, 1.165) is 11.4 Å². The molecule has 3 rings (SSSR count). The number of aromatic nitrogens is 2. The van der Waals surface area contributed by atoms with Gasteiger partial charge >= 0.3 is 0 Å². The number of benzene rings is 1. The lowest BCUT2D eigenvalue weighted by atomic mass is 10.2. The lowest BCUT2D eigenvalue weighted by molar-refractivity contribution is -0.115. The minimum Gasteiger partial charge on any atom is -0.384 e. The number of fused-ring (bicyclic) bond motifs is 1. The topological polar surface area (TPSA) is 84.1 Å². The largest absolute Gasteiger partial charge is 0.384 e. The molecule has 6 nitrogen and oxygen atoms in total. The maximum Gasteiger partial charge on any atom is 0.244 e. The number of nitrogens with zero attached hydrogens (tertiary/aromatic N) is 3. The molecule has 1 aliphatic heterocycles. The van der Waals surface area contributed by atoms with E-state index in [1.807, 2.05) is 29.2 Å². The number of rotatable bonds is 1. The van der Waals surface area contributed by atoms with Gasteiger partial charge in [-0.3, -0.25) is 4.79 Å². The van der Waals surface area contributed by atoms with E-state index >= 15 is 0 Å². The molecular formula is C12H11N5O. The lowest BCUT2D eigenvalue weighted by Gasteiger charge is -2.29. The first-order chi connectivity index (χ1) is 8.74. The first kappa shape index (κ1) is 10.5. The van der Waals surface area contributed by atoms with Crippen molar-refractivity contribution in [3.8, 4) is 0 Å². The Hall–Kier alpha value is -2.63. The summed E-state index contributed by atoms with van der Waals surface area (Å²) in [5, 5.41) is 2.82. The maximum atomic E-state index is 11.7. The number of nitrogen functional groups attached to an aromatic ring is 1. The van der Waals surface area contributed by atoms with Gasteiger partial charge in [-0.2, -0.15) is 0 Å². The Bertz CT molecular complexity index is 613. The quantitative estimate of drug-likeness (QED) is 0.782. The van der Waals surface area contributed by atoms with Crippen LogP contribution in [-0.4, -0.2) is 22.4 Å². The summed E-state index contributed by atoms with van der Waals surface area (Å²) in [6.45, 7) is 0.216. The monoisotopic (exact) mass is 241 g/mol. The fraction of sp³-hybridized carbons (Fsp3) is 0.0833. The van der Waals surface area contributed by atoms with Crippen molar-refractivity contribution in [3.05, 3.63) is 36.7 Å². The molecule has 1 amide bonds. The molecule has 0 atom stereocenters. The van der Waals surface area contributed by atoms with Gasteiger partial charge in [0.25, 0.3) is 0 Å². The summed E-state index contributed by atoms with van der Waals surface area (Å²) in [5.41, 5.74) is 7.31. The molecule has 0 radical (unpaired) electrons. The minimum absolute atomic E-state index is 0.0779. The van der Waals surface area contributed by atoms with Crippen LogP contribution in [0.3, 0.4) is 0 Å². The molecule has 0 aliphatic carbocycles. The van der Waals surface area contributed by atoms with E-state index in [4.69, 9.17) is 5.73 Å². The molecule has 0 saturated heterocycles. The number of para-hydroxylation sites is 2. The summed E-state index contributed by atoms with van der Waals surface area (Å²) in [6.07, 6.45) is 1.39. The highest BCUT2D eigenvalue weighted by Gasteiger charge is 2.23. The smallest absolute Gasteiger partial charge is 0.244 e. The van der Waals surface area contributed by atoms with E-state index in [0.29, 0.717) is 11.6 Å². The van der Waals surface area contributed by atoms with E-state index in [2.05, 4.69) is 15.3 Å². The first-order valence-corrected chi connectivity index (χ1v) is 5.48. The Kier molecular flexibility index (Phi) is 2.33. The molecule has 0 unspecified atom stereocenters. The van der Waals surface area contributed by atoms with E-state index in [-0.39, 0.29) is 12.5 Å². The Morgan fingerprint density at radius 2 is 2.11 bits per heavy atom. The molecule has 1 aromatic carbocycles. The predicted octanol–water partition coefficient (Wildman–Crippen LogP) is 1.15. The van der Waals surface area contributed by atoms with Gasteiger partial charge in [-0.05, 0) is 12.1 Å². The van der Waals surface area contributed by atoms with Gasteiger partial charge in [-0.25, -0.2) is 9.97 Å². The number of hydrogen-bond donors (Lipinski definition) is 2. The van der Waals surface area contributed by atoms with Crippen molar-refractivity contribution in [2.45, 2.75) is 0 Å². The third kappa shape index (κ3) is 1.73. The van der Waals surface area contributed by atoms with Crippen LogP contribution in [0.5, 0.6) is 0 Å². The summed E-state index contributed by atoms with van der Waals surface area (Å²) in [6, 6.07) is 9.21. The third-order valence-electron chi connectivity index (χ3n) is 2.72. The van der Waals surface area contributed by atoms with Gasteiger partial charge in [0.1, 0.15) is 24.5 Å². The van der Waals surface area contributed by atoms with Crippen molar-refractivity contribution in [2.24, 2.45) is 0 Å². The Morgan fingerprint density at radius 3 is 2.94 bits per heavy atom. The maximum absolute atomic E-state index is 11.7. The van der Waals surface area contributed by atoms with E-state index in [1.165, 1.54) is 6.33 Å². The van der Waals surface area contributed by atoms with Crippen LogP contribution in [0, 0.1) is 0 Å². The van der Waals surface area contributed by atoms with Gasteiger partial charge in [-0.1, -0.05) is 12.1 Å². The molecule has 18 heavy (non-hydrogen) atoms.